The van der Waals surface area contributed by atoms with Crippen LogP contribution in [0.4, 0.5) is 0 Å². The number of carbonyl (C=O) groups excluding carboxylic acids is 2. The minimum atomic E-state index is 0.0283. The second-order valence-electron chi connectivity index (χ2n) is 7.77. The average Bonchev–Trinajstić information content (AvgIpc) is 3.22. The topological polar surface area (TPSA) is 83.7 Å². The maximum Gasteiger partial charge on any atom is 0.253 e. The zero-order chi connectivity index (χ0) is 21.3. The fourth-order valence-electron chi connectivity index (χ4n) is 3.94. The Hall–Kier alpha value is -3.29. The fourth-order valence-corrected chi connectivity index (χ4v) is 3.94. The Bertz CT molecular complexity index is 1080. The van der Waals surface area contributed by atoms with Gasteiger partial charge in [-0.25, -0.2) is 9.50 Å². The molecule has 1 aromatic carbocycles. The van der Waals surface area contributed by atoms with Crippen LogP contribution in [0.25, 0.3) is 5.78 Å². The summed E-state index contributed by atoms with van der Waals surface area (Å²) < 4.78 is 1.71. The SMILES string of the molecule is Cc1ccc(C(=O)N2CCN(C(=O)CCc3c(C)nc4ncnn4c3C)CC2)cc1. The lowest BCUT2D eigenvalue weighted by Crippen LogP contribution is -2.50. The standard InChI is InChI=1S/C22H26N6O2/c1-15-4-6-18(7-5-15)21(30)27-12-10-26(11-13-27)20(29)9-8-19-16(2)25-22-23-14-24-28(22)17(19)3/h4-7,14H,8-13H2,1-3H3. The summed E-state index contributed by atoms with van der Waals surface area (Å²) in [6.45, 7) is 8.17. The fraction of sp³-hybridized carbons (Fsp3) is 0.409. The van der Waals surface area contributed by atoms with Gasteiger partial charge in [-0.1, -0.05) is 17.7 Å². The molecule has 156 valence electrons. The Morgan fingerprint density at radius 2 is 1.63 bits per heavy atom. The highest BCUT2D eigenvalue weighted by Crippen LogP contribution is 2.16. The van der Waals surface area contributed by atoms with E-state index in [0.717, 1.165) is 22.5 Å². The number of hydrogen-bond donors (Lipinski definition) is 0. The molecule has 0 unspecified atom stereocenters. The van der Waals surface area contributed by atoms with Crippen LogP contribution in [0, 0.1) is 20.8 Å². The summed E-state index contributed by atoms with van der Waals surface area (Å²) in [7, 11) is 0. The molecule has 1 aliphatic heterocycles. The monoisotopic (exact) mass is 406 g/mol. The molecule has 30 heavy (non-hydrogen) atoms. The molecule has 1 fully saturated rings. The highest BCUT2D eigenvalue weighted by Gasteiger charge is 2.25. The lowest BCUT2D eigenvalue weighted by molar-refractivity contribution is -0.132. The van der Waals surface area contributed by atoms with Crippen LogP contribution >= 0.6 is 0 Å². The molecule has 4 rings (SSSR count). The van der Waals surface area contributed by atoms with Crippen LogP contribution in [-0.2, 0) is 11.2 Å². The van der Waals surface area contributed by atoms with Crippen molar-refractivity contribution < 1.29 is 9.59 Å². The molecule has 1 saturated heterocycles. The van der Waals surface area contributed by atoms with Crippen molar-refractivity contribution in [1.29, 1.82) is 0 Å². The summed E-state index contributed by atoms with van der Waals surface area (Å²) in [6.07, 6.45) is 2.51. The minimum absolute atomic E-state index is 0.0283. The van der Waals surface area contributed by atoms with Crippen LogP contribution in [0.15, 0.2) is 30.6 Å². The minimum Gasteiger partial charge on any atom is -0.339 e. The molecule has 0 saturated carbocycles. The number of aromatic nitrogens is 4. The predicted octanol–water partition coefficient (Wildman–Crippen LogP) is 1.97. The van der Waals surface area contributed by atoms with E-state index in [1.54, 1.807) is 4.52 Å². The second kappa shape index (κ2) is 8.22. The number of piperazine rings is 1. The number of carbonyl (C=O) groups is 2. The molecular weight excluding hydrogens is 380 g/mol. The summed E-state index contributed by atoms with van der Waals surface area (Å²) in [5.41, 5.74) is 4.72. The lowest BCUT2D eigenvalue weighted by Gasteiger charge is -2.35. The quantitative estimate of drug-likeness (QED) is 0.661. The number of hydrogen-bond acceptors (Lipinski definition) is 5. The molecule has 0 N–H and O–H groups in total. The number of benzene rings is 1. The van der Waals surface area contributed by atoms with Crippen molar-refractivity contribution >= 4 is 17.6 Å². The first-order chi connectivity index (χ1) is 14.4. The van der Waals surface area contributed by atoms with Gasteiger partial charge in [0.2, 0.25) is 5.91 Å². The third-order valence-corrected chi connectivity index (χ3v) is 5.80. The normalized spacial score (nSPS) is 14.4. The summed E-state index contributed by atoms with van der Waals surface area (Å²) in [6, 6.07) is 7.62. The highest BCUT2D eigenvalue weighted by molar-refractivity contribution is 5.94. The molecule has 0 radical (unpaired) electrons. The first-order valence-corrected chi connectivity index (χ1v) is 10.2. The van der Waals surface area contributed by atoms with E-state index in [9.17, 15) is 9.59 Å². The number of fused-ring (bicyclic) bond motifs is 1. The van der Waals surface area contributed by atoms with Crippen LogP contribution in [0.5, 0.6) is 0 Å². The van der Waals surface area contributed by atoms with Crippen molar-refractivity contribution in [3.63, 3.8) is 0 Å². The Kier molecular flexibility index (Phi) is 5.48. The summed E-state index contributed by atoms with van der Waals surface area (Å²) in [4.78, 5) is 37.7. The van der Waals surface area contributed by atoms with Gasteiger partial charge in [-0.05, 0) is 44.9 Å². The highest BCUT2D eigenvalue weighted by atomic mass is 16.2. The molecular formula is C22H26N6O2. The lowest BCUT2D eigenvalue weighted by atomic mass is 10.1. The van der Waals surface area contributed by atoms with Gasteiger partial charge in [0.25, 0.3) is 11.7 Å². The van der Waals surface area contributed by atoms with Gasteiger partial charge in [0.1, 0.15) is 6.33 Å². The van der Waals surface area contributed by atoms with E-state index >= 15 is 0 Å². The molecule has 0 aliphatic carbocycles. The van der Waals surface area contributed by atoms with Gasteiger partial charge >= 0.3 is 0 Å². The Morgan fingerprint density at radius 1 is 0.967 bits per heavy atom. The maximum absolute atomic E-state index is 12.8. The van der Waals surface area contributed by atoms with Crippen molar-refractivity contribution in [2.24, 2.45) is 0 Å². The van der Waals surface area contributed by atoms with Crippen molar-refractivity contribution in [2.75, 3.05) is 26.2 Å². The number of nitrogens with zero attached hydrogens (tertiary/aromatic N) is 6. The van der Waals surface area contributed by atoms with Gasteiger partial charge < -0.3 is 9.80 Å². The Labute approximate surface area is 175 Å². The average molecular weight is 406 g/mol. The molecule has 0 bridgehead atoms. The predicted molar refractivity (Wildman–Crippen MR) is 112 cm³/mol. The molecule has 2 aromatic heterocycles. The summed E-state index contributed by atoms with van der Waals surface area (Å²) in [5.74, 6) is 0.713. The number of rotatable bonds is 4. The largest absolute Gasteiger partial charge is 0.339 e. The van der Waals surface area contributed by atoms with E-state index in [-0.39, 0.29) is 11.8 Å². The van der Waals surface area contributed by atoms with Gasteiger partial charge in [0.15, 0.2) is 0 Å². The van der Waals surface area contributed by atoms with Crippen molar-refractivity contribution in [1.82, 2.24) is 29.4 Å². The first kappa shape index (κ1) is 20.0. The van der Waals surface area contributed by atoms with Crippen LogP contribution in [-0.4, -0.2) is 67.4 Å². The molecule has 3 aromatic rings. The maximum atomic E-state index is 12.8. The van der Waals surface area contributed by atoms with E-state index < -0.39 is 0 Å². The Morgan fingerprint density at radius 3 is 2.33 bits per heavy atom. The van der Waals surface area contributed by atoms with E-state index in [1.165, 1.54) is 6.33 Å². The molecule has 0 atom stereocenters. The van der Waals surface area contributed by atoms with Crippen molar-refractivity contribution in [2.45, 2.75) is 33.6 Å². The van der Waals surface area contributed by atoms with Crippen molar-refractivity contribution in [3.05, 3.63) is 58.7 Å². The van der Waals surface area contributed by atoms with Gasteiger partial charge in [0, 0.05) is 49.6 Å². The number of amides is 2. The third-order valence-electron chi connectivity index (χ3n) is 5.80. The van der Waals surface area contributed by atoms with Gasteiger partial charge in [0.05, 0.1) is 0 Å². The second-order valence-corrected chi connectivity index (χ2v) is 7.77. The van der Waals surface area contributed by atoms with Gasteiger partial charge in [-0.15, -0.1) is 0 Å². The zero-order valence-electron chi connectivity index (χ0n) is 17.6. The zero-order valence-corrected chi connectivity index (χ0v) is 17.6. The smallest absolute Gasteiger partial charge is 0.253 e. The van der Waals surface area contributed by atoms with Crippen LogP contribution in [0.1, 0.15) is 39.3 Å². The van der Waals surface area contributed by atoms with E-state index in [1.807, 2.05) is 54.8 Å². The van der Waals surface area contributed by atoms with E-state index in [2.05, 4.69) is 15.1 Å². The third kappa shape index (κ3) is 3.90. The summed E-state index contributed by atoms with van der Waals surface area (Å²) >= 11 is 0. The molecule has 0 spiro atoms. The van der Waals surface area contributed by atoms with Gasteiger partial charge in [-0.3, -0.25) is 9.59 Å². The molecule has 8 nitrogen and oxygen atoms in total. The number of aryl methyl sites for hydroxylation is 3. The van der Waals surface area contributed by atoms with Crippen LogP contribution in [0.2, 0.25) is 0 Å². The Balaban J connectivity index is 1.34. The van der Waals surface area contributed by atoms with Crippen molar-refractivity contribution in [3.8, 4) is 0 Å². The molecule has 1 aliphatic rings. The van der Waals surface area contributed by atoms with Gasteiger partial charge in [-0.2, -0.15) is 10.1 Å². The molecule has 3 heterocycles. The van der Waals surface area contributed by atoms with E-state index in [4.69, 9.17) is 0 Å². The van der Waals surface area contributed by atoms with E-state index in [0.29, 0.717) is 50.4 Å². The molecule has 2 amide bonds. The van der Waals surface area contributed by atoms with Crippen LogP contribution in [0.3, 0.4) is 0 Å². The van der Waals surface area contributed by atoms with Crippen LogP contribution < -0.4 is 0 Å². The molecule has 8 heteroatoms. The summed E-state index contributed by atoms with van der Waals surface area (Å²) in [5, 5.41) is 4.20. The first-order valence-electron chi connectivity index (χ1n) is 10.2.